The van der Waals surface area contributed by atoms with Crippen molar-refractivity contribution >= 4 is 5.69 Å². The predicted molar refractivity (Wildman–Crippen MR) is 75.9 cm³/mol. The number of hydrogen-bond donors (Lipinski definition) is 2. The van der Waals surface area contributed by atoms with Crippen LogP contribution in [0.4, 0.5) is 5.69 Å². The summed E-state index contributed by atoms with van der Waals surface area (Å²) in [6.45, 7) is 5.81. The molecule has 0 radical (unpaired) electrons. The number of anilines is 1. The molecule has 1 rings (SSSR count). The van der Waals surface area contributed by atoms with Gasteiger partial charge in [0.05, 0.1) is 12.7 Å². The van der Waals surface area contributed by atoms with Crippen LogP contribution < -0.4 is 4.90 Å². The summed E-state index contributed by atoms with van der Waals surface area (Å²) in [6.07, 6.45) is 2.50. The van der Waals surface area contributed by atoms with Crippen molar-refractivity contribution in [2.75, 3.05) is 24.6 Å². The van der Waals surface area contributed by atoms with E-state index in [1.54, 1.807) is 0 Å². The van der Waals surface area contributed by atoms with Crippen molar-refractivity contribution in [3.8, 4) is 0 Å². The van der Waals surface area contributed by atoms with Gasteiger partial charge in [0.2, 0.25) is 0 Å². The van der Waals surface area contributed by atoms with Crippen LogP contribution in [0.5, 0.6) is 0 Å². The third kappa shape index (κ3) is 4.00. The molecular weight excluding hydrogens is 226 g/mol. The fourth-order valence-corrected chi connectivity index (χ4v) is 2.10. The summed E-state index contributed by atoms with van der Waals surface area (Å²) in [5.41, 5.74) is 2.01. The molecule has 1 unspecified atom stereocenters. The summed E-state index contributed by atoms with van der Waals surface area (Å²) >= 11 is 0. The standard InChI is InChI=1S/C15H25NO2/c1-3-5-10-16(11-12-17)14-9-7-6-8-13(14)15(18)4-2/h6-9,15,17-18H,3-5,10-12H2,1-2H3. The van der Waals surface area contributed by atoms with E-state index in [1.807, 2.05) is 31.2 Å². The van der Waals surface area contributed by atoms with Crippen LogP contribution in [-0.2, 0) is 0 Å². The normalized spacial score (nSPS) is 12.4. The lowest BCUT2D eigenvalue weighted by Gasteiger charge is -2.27. The maximum atomic E-state index is 10.1. The summed E-state index contributed by atoms with van der Waals surface area (Å²) in [6, 6.07) is 7.94. The topological polar surface area (TPSA) is 43.7 Å². The summed E-state index contributed by atoms with van der Waals surface area (Å²) in [4.78, 5) is 2.16. The van der Waals surface area contributed by atoms with Gasteiger partial charge in [0.25, 0.3) is 0 Å². The SMILES string of the molecule is CCCCN(CCO)c1ccccc1C(O)CC. The lowest BCUT2D eigenvalue weighted by Crippen LogP contribution is -2.29. The molecule has 0 aromatic heterocycles. The Labute approximate surface area is 110 Å². The van der Waals surface area contributed by atoms with E-state index in [9.17, 15) is 10.2 Å². The lowest BCUT2D eigenvalue weighted by molar-refractivity contribution is 0.174. The van der Waals surface area contributed by atoms with Crippen LogP contribution in [0.1, 0.15) is 44.8 Å². The zero-order chi connectivity index (χ0) is 13.4. The molecule has 3 nitrogen and oxygen atoms in total. The molecule has 102 valence electrons. The second-order valence-electron chi connectivity index (χ2n) is 4.55. The van der Waals surface area contributed by atoms with Crippen molar-refractivity contribution < 1.29 is 10.2 Å². The Kier molecular flexibility index (Phi) is 6.76. The lowest BCUT2D eigenvalue weighted by atomic mass is 10.0. The molecule has 2 N–H and O–H groups in total. The monoisotopic (exact) mass is 251 g/mol. The van der Waals surface area contributed by atoms with Crippen LogP contribution in [0.2, 0.25) is 0 Å². The van der Waals surface area contributed by atoms with E-state index in [2.05, 4.69) is 11.8 Å². The number of rotatable bonds is 8. The van der Waals surface area contributed by atoms with Crippen LogP contribution in [0.25, 0.3) is 0 Å². The van der Waals surface area contributed by atoms with Crippen molar-refractivity contribution in [3.05, 3.63) is 29.8 Å². The second-order valence-corrected chi connectivity index (χ2v) is 4.55. The highest BCUT2D eigenvalue weighted by Crippen LogP contribution is 2.28. The molecule has 0 spiro atoms. The zero-order valence-electron chi connectivity index (χ0n) is 11.5. The van der Waals surface area contributed by atoms with Gasteiger partial charge in [0.1, 0.15) is 0 Å². The van der Waals surface area contributed by atoms with Gasteiger partial charge in [0, 0.05) is 24.3 Å². The first kappa shape index (κ1) is 15.0. The Morgan fingerprint density at radius 3 is 2.50 bits per heavy atom. The van der Waals surface area contributed by atoms with Crippen LogP contribution >= 0.6 is 0 Å². The molecule has 18 heavy (non-hydrogen) atoms. The minimum Gasteiger partial charge on any atom is -0.395 e. The zero-order valence-corrected chi connectivity index (χ0v) is 11.5. The summed E-state index contributed by atoms with van der Waals surface area (Å²) in [7, 11) is 0. The van der Waals surface area contributed by atoms with Crippen molar-refractivity contribution in [2.24, 2.45) is 0 Å². The first-order valence-corrected chi connectivity index (χ1v) is 6.87. The van der Waals surface area contributed by atoms with Crippen molar-refractivity contribution in [3.63, 3.8) is 0 Å². The number of para-hydroxylation sites is 1. The van der Waals surface area contributed by atoms with Gasteiger partial charge < -0.3 is 15.1 Å². The van der Waals surface area contributed by atoms with Gasteiger partial charge in [-0.2, -0.15) is 0 Å². The van der Waals surface area contributed by atoms with Crippen molar-refractivity contribution in [1.29, 1.82) is 0 Å². The third-order valence-corrected chi connectivity index (χ3v) is 3.17. The molecule has 3 heteroatoms. The van der Waals surface area contributed by atoms with Crippen molar-refractivity contribution in [1.82, 2.24) is 0 Å². The minimum absolute atomic E-state index is 0.139. The highest BCUT2D eigenvalue weighted by molar-refractivity contribution is 5.54. The number of nitrogens with zero attached hydrogens (tertiary/aromatic N) is 1. The van der Waals surface area contributed by atoms with Gasteiger partial charge in [-0.25, -0.2) is 0 Å². The Bertz CT molecular complexity index is 341. The van der Waals surface area contributed by atoms with Crippen LogP contribution in [0, 0.1) is 0 Å². The Hall–Kier alpha value is -1.06. The predicted octanol–water partition coefficient (Wildman–Crippen LogP) is 2.73. The third-order valence-electron chi connectivity index (χ3n) is 3.17. The Morgan fingerprint density at radius 1 is 1.17 bits per heavy atom. The molecule has 1 aromatic carbocycles. The highest BCUT2D eigenvalue weighted by Gasteiger charge is 2.14. The molecule has 0 saturated carbocycles. The summed E-state index contributed by atoms with van der Waals surface area (Å²) in [5.74, 6) is 0. The molecular formula is C15H25NO2. The molecule has 0 aliphatic carbocycles. The van der Waals surface area contributed by atoms with Crippen LogP contribution in [0.15, 0.2) is 24.3 Å². The Morgan fingerprint density at radius 2 is 1.89 bits per heavy atom. The van der Waals surface area contributed by atoms with Gasteiger partial charge in [-0.05, 0) is 18.9 Å². The van der Waals surface area contributed by atoms with E-state index < -0.39 is 6.10 Å². The van der Waals surface area contributed by atoms with Crippen LogP contribution in [-0.4, -0.2) is 29.9 Å². The van der Waals surface area contributed by atoms with Gasteiger partial charge in [0.15, 0.2) is 0 Å². The first-order chi connectivity index (χ1) is 8.74. The van der Waals surface area contributed by atoms with Gasteiger partial charge >= 0.3 is 0 Å². The average molecular weight is 251 g/mol. The fourth-order valence-electron chi connectivity index (χ4n) is 2.10. The number of benzene rings is 1. The van der Waals surface area contributed by atoms with Crippen molar-refractivity contribution in [2.45, 2.75) is 39.2 Å². The summed E-state index contributed by atoms with van der Waals surface area (Å²) in [5, 5.41) is 19.2. The first-order valence-electron chi connectivity index (χ1n) is 6.87. The largest absolute Gasteiger partial charge is 0.395 e. The molecule has 0 bridgehead atoms. The molecule has 0 aliphatic heterocycles. The smallest absolute Gasteiger partial charge is 0.0807 e. The van der Waals surface area contributed by atoms with Gasteiger partial charge in [-0.15, -0.1) is 0 Å². The maximum Gasteiger partial charge on any atom is 0.0807 e. The molecule has 0 fully saturated rings. The number of aliphatic hydroxyl groups excluding tert-OH is 2. The van der Waals surface area contributed by atoms with Gasteiger partial charge in [-0.1, -0.05) is 38.5 Å². The van der Waals surface area contributed by atoms with E-state index in [4.69, 9.17) is 0 Å². The molecule has 0 saturated heterocycles. The summed E-state index contributed by atoms with van der Waals surface area (Å²) < 4.78 is 0. The van der Waals surface area contributed by atoms with E-state index in [1.165, 1.54) is 0 Å². The van der Waals surface area contributed by atoms with Crippen LogP contribution in [0.3, 0.4) is 0 Å². The van der Waals surface area contributed by atoms with E-state index in [0.717, 1.165) is 30.6 Å². The second kappa shape index (κ2) is 8.11. The highest BCUT2D eigenvalue weighted by atomic mass is 16.3. The van der Waals surface area contributed by atoms with E-state index >= 15 is 0 Å². The minimum atomic E-state index is -0.427. The maximum absolute atomic E-state index is 10.1. The molecule has 1 atom stereocenters. The van der Waals surface area contributed by atoms with E-state index in [-0.39, 0.29) is 6.61 Å². The quantitative estimate of drug-likeness (QED) is 0.746. The number of unbranched alkanes of at least 4 members (excludes halogenated alkanes) is 1. The Balaban J connectivity index is 2.94. The molecule has 1 aromatic rings. The fraction of sp³-hybridized carbons (Fsp3) is 0.600. The number of hydrogen-bond acceptors (Lipinski definition) is 3. The average Bonchev–Trinajstić information content (AvgIpc) is 2.42. The molecule has 0 aliphatic rings. The molecule has 0 amide bonds. The molecule has 0 heterocycles. The van der Waals surface area contributed by atoms with E-state index in [0.29, 0.717) is 13.0 Å². The number of aliphatic hydroxyl groups is 2. The van der Waals surface area contributed by atoms with Gasteiger partial charge in [-0.3, -0.25) is 0 Å².